The summed E-state index contributed by atoms with van der Waals surface area (Å²) in [6, 6.07) is 5.86. The van der Waals surface area contributed by atoms with Crippen molar-refractivity contribution in [2.45, 2.75) is 25.5 Å². The maximum atomic E-state index is 5.91. The number of anilines is 1. The highest BCUT2D eigenvalue weighted by Crippen LogP contribution is 2.34. The number of fused-ring (bicyclic) bond motifs is 1. The summed E-state index contributed by atoms with van der Waals surface area (Å²) in [6.07, 6.45) is 1.000. The molecule has 0 saturated heterocycles. The van der Waals surface area contributed by atoms with Gasteiger partial charge in [0.05, 0.1) is 11.7 Å². The maximum absolute atomic E-state index is 5.91. The van der Waals surface area contributed by atoms with Crippen LogP contribution < -0.4 is 15.8 Å². The summed E-state index contributed by atoms with van der Waals surface area (Å²) in [5.74, 6) is 0.857. The Kier molecular flexibility index (Phi) is 3.03. The van der Waals surface area contributed by atoms with Gasteiger partial charge in [-0.2, -0.15) is 0 Å². The molecular weight excluding hydrogens is 212 g/mol. The van der Waals surface area contributed by atoms with Crippen LogP contribution in [0, 0.1) is 0 Å². The fourth-order valence-corrected chi connectivity index (χ4v) is 1.97. The van der Waals surface area contributed by atoms with E-state index >= 15 is 0 Å². The van der Waals surface area contributed by atoms with Gasteiger partial charge in [0, 0.05) is 5.02 Å². The molecule has 1 heterocycles. The van der Waals surface area contributed by atoms with Gasteiger partial charge in [0.2, 0.25) is 0 Å². The van der Waals surface area contributed by atoms with Crippen LogP contribution in [0.2, 0.25) is 5.02 Å². The van der Waals surface area contributed by atoms with Crippen LogP contribution in [0.15, 0.2) is 18.2 Å². The summed E-state index contributed by atoms with van der Waals surface area (Å²) in [5, 5.41) is 4.09. The van der Waals surface area contributed by atoms with Crippen LogP contribution in [0.1, 0.15) is 13.3 Å². The zero-order valence-corrected chi connectivity index (χ0v) is 9.42. The van der Waals surface area contributed by atoms with Crippen LogP contribution in [-0.2, 0) is 0 Å². The molecule has 2 rings (SSSR count). The molecule has 4 heteroatoms. The summed E-state index contributed by atoms with van der Waals surface area (Å²) in [7, 11) is 0. The molecule has 82 valence electrons. The van der Waals surface area contributed by atoms with Crippen LogP contribution in [-0.4, -0.2) is 18.7 Å². The minimum atomic E-state index is 0.142. The van der Waals surface area contributed by atoms with Crippen molar-refractivity contribution in [1.82, 2.24) is 0 Å². The van der Waals surface area contributed by atoms with Gasteiger partial charge in [0.1, 0.15) is 11.9 Å². The summed E-state index contributed by atoms with van der Waals surface area (Å²) in [5.41, 5.74) is 6.50. The molecule has 2 unspecified atom stereocenters. The molecule has 0 bridgehead atoms. The number of halogens is 1. The van der Waals surface area contributed by atoms with Gasteiger partial charge in [0.15, 0.2) is 0 Å². The third kappa shape index (κ3) is 2.19. The zero-order chi connectivity index (χ0) is 10.8. The fourth-order valence-electron chi connectivity index (χ4n) is 1.79. The Morgan fingerprint density at radius 2 is 2.33 bits per heavy atom. The van der Waals surface area contributed by atoms with E-state index in [9.17, 15) is 0 Å². The molecule has 0 aromatic heterocycles. The molecular formula is C11H15ClN2O. The molecule has 1 aliphatic heterocycles. The summed E-state index contributed by atoms with van der Waals surface area (Å²) in [4.78, 5) is 0. The molecule has 2 atom stereocenters. The molecule has 3 N–H and O–H groups in total. The number of ether oxygens (including phenoxy) is 1. The summed E-state index contributed by atoms with van der Waals surface area (Å²) >= 11 is 5.91. The SMILES string of the molecule is CC1Nc2cc(Cl)ccc2OC1CCN. The monoisotopic (exact) mass is 226 g/mol. The molecule has 1 aromatic rings. The van der Waals surface area contributed by atoms with Crippen molar-refractivity contribution in [2.24, 2.45) is 5.73 Å². The van der Waals surface area contributed by atoms with Gasteiger partial charge >= 0.3 is 0 Å². The predicted molar refractivity (Wildman–Crippen MR) is 62.6 cm³/mol. The van der Waals surface area contributed by atoms with Crippen LogP contribution in [0.4, 0.5) is 5.69 Å². The fraction of sp³-hybridized carbons (Fsp3) is 0.455. The Balaban J connectivity index is 2.22. The first kappa shape index (κ1) is 10.6. The Labute approximate surface area is 94.6 Å². The Morgan fingerprint density at radius 3 is 3.07 bits per heavy atom. The molecule has 0 spiro atoms. The van der Waals surface area contributed by atoms with Crippen molar-refractivity contribution in [3.8, 4) is 5.75 Å². The van der Waals surface area contributed by atoms with Crippen LogP contribution in [0.5, 0.6) is 5.75 Å². The smallest absolute Gasteiger partial charge is 0.143 e. The van der Waals surface area contributed by atoms with Crippen LogP contribution in [0.25, 0.3) is 0 Å². The van der Waals surface area contributed by atoms with E-state index < -0.39 is 0 Å². The van der Waals surface area contributed by atoms with Crippen molar-refractivity contribution in [3.05, 3.63) is 23.2 Å². The third-order valence-electron chi connectivity index (χ3n) is 2.61. The number of hydrogen-bond donors (Lipinski definition) is 2. The van der Waals surface area contributed by atoms with Gasteiger partial charge in [-0.05, 0) is 38.1 Å². The second-order valence-electron chi connectivity index (χ2n) is 3.81. The van der Waals surface area contributed by atoms with Gasteiger partial charge < -0.3 is 15.8 Å². The second kappa shape index (κ2) is 4.29. The lowest BCUT2D eigenvalue weighted by Gasteiger charge is -2.33. The quantitative estimate of drug-likeness (QED) is 0.813. The highest BCUT2D eigenvalue weighted by Gasteiger charge is 2.25. The van der Waals surface area contributed by atoms with Gasteiger partial charge in [-0.3, -0.25) is 0 Å². The first-order valence-electron chi connectivity index (χ1n) is 5.13. The van der Waals surface area contributed by atoms with Crippen molar-refractivity contribution in [2.75, 3.05) is 11.9 Å². The molecule has 15 heavy (non-hydrogen) atoms. The van der Waals surface area contributed by atoms with Gasteiger partial charge in [0.25, 0.3) is 0 Å². The average Bonchev–Trinajstić information content (AvgIpc) is 2.20. The number of nitrogens with two attached hydrogens (primary N) is 1. The molecule has 0 saturated carbocycles. The van der Waals surface area contributed by atoms with E-state index in [1.165, 1.54) is 0 Å². The lowest BCUT2D eigenvalue weighted by molar-refractivity contribution is 0.167. The van der Waals surface area contributed by atoms with Crippen molar-refractivity contribution < 1.29 is 4.74 Å². The summed E-state index contributed by atoms with van der Waals surface area (Å²) in [6.45, 7) is 2.73. The minimum Gasteiger partial charge on any atom is -0.486 e. The van der Waals surface area contributed by atoms with E-state index in [0.717, 1.165) is 17.9 Å². The lowest BCUT2D eigenvalue weighted by Crippen LogP contribution is -2.40. The van der Waals surface area contributed by atoms with E-state index in [2.05, 4.69) is 12.2 Å². The molecule has 0 amide bonds. The van der Waals surface area contributed by atoms with E-state index in [4.69, 9.17) is 22.1 Å². The van der Waals surface area contributed by atoms with E-state index in [0.29, 0.717) is 11.6 Å². The number of benzene rings is 1. The lowest BCUT2D eigenvalue weighted by atomic mass is 10.1. The Hall–Kier alpha value is -0.930. The zero-order valence-electron chi connectivity index (χ0n) is 8.66. The van der Waals surface area contributed by atoms with Crippen molar-refractivity contribution in [1.29, 1.82) is 0 Å². The van der Waals surface area contributed by atoms with Gasteiger partial charge in [-0.15, -0.1) is 0 Å². The van der Waals surface area contributed by atoms with E-state index in [1.54, 1.807) is 0 Å². The average molecular weight is 227 g/mol. The first-order valence-corrected chi connectivity index (χ1v) is 5.51. The standard InChI is InChI=1S/C11H15ClN2O/c1-7-10(4-5-13)15-11-3-2-8(12)6-9(11)14-7/h2-3,6-7,10,14H,4-5,13H2,1H3. The number of rotatable bonds is 2. The maximum Gasteiger partial charge on any atom is 0.143 e. The molecule has 1 aromatic carbocycles. The second-order valence-corrected chi connectivity index (χ2v) is 4.24. The minimum absolute atomic E-state index is 0.142. The Morgan fingerprint density at radius 1 is 1.53 bits per heavy atom. The van der Waals surface area contributed by atoms with Crippen molar-refractivity contribution in [3.63, 3.8) is 0 Å². The Bertz CT molecular complexity index is 356. The number of hydrogen-bond acceptors (Lipinski definition) is 3. The normalized spacial score (nSPS) is 23.9. The molecule has 3 nitrogen and oxygen atoms in total. The van der Waals surface area contributed by atoms with Gasteiger partial charge in [-0.25, -0.2) is 0 Å². The van der Waals surface area contributed by atoms with E-state index in [1.807, 2.05) is 18.2 Å². The topological polar surface area (TPSA) is 47.3 Å². The molecule has 0 radical (unpaired) electrons. The highest BCUT2D eigenvalue weighted by molar-refractivity contribution is 6.30. The molecule has 0 fully saturated rings. The van der Waals surface area contributed by atoms with Crippen LogP contribution >= 0.6 is 11.6 Å². The largest absolute Gasteiger partial charge is 0.486 e. The van der Waals surface area contributed by atoms with E-state index in [-0.39, 0.29) is 12.1 Å². The third-order valence-corrected chi connectivity index (χ3v) is 2.85. The van der Waals surface area contributed by atoms with Gasteiger partial charge in [-0.1, -0.05) is 11.6 Å². The predicted octanol–water partition coefficient (Wildman–Crippen LogP) is 2.25. The molecule has 1 aliphatic rings. The molecule has 0 aliphatic carbocycles. The van der Waals surface area contributed by atoms with Crippen LogP contribution in [0.3, 0.4) is 0 Å². The van der Waals surface area contributed by atoms with Crippen molar-refractivity contribution >= 4 is 17.3 Å². The first-order chi connectivity index (χ1) is 7.20. The summed E-state index contributed by atoms with van der Waals surface area (Å²) < 4.78 is 5.84. The highest BCUT2D eigenvalue weighted by atomic mass is 35.5. The number of nitrogens with one attached hydrogen (secondary N) is 1.